The minimum atomic E-state index is -0.539. The second kappa shape index (κ2) is 7.51. The molecule has 116 valence electrons. The Morgan fingerprint density at radius 3 is 2.74 bits per heavy atom. The van der Waals surface area contributed by atoms with Gasteiger partial charge in [-0.3, -0.25) is 14.9 Å². The molecule has 0 atom stereocenters. The minimum absolute atomic E-state index is 0.00283. The lowest BCUT2D eigenvalue weighted by atomic mass is 10.2. The van der Waals surface area contributed by atoms with Gasteiger partial charge in [0, 0.05) is 18.3 Å². The number of nitrogens with one attached hydrogen (secondary N) is 1. The van der Waals surface area contributed by atoms with Crippen molar-refractivity contribution in [3.63, 3.8) is 0 Å². The summed E-state index contributed by atoms with van der Waals surface area (Å²) < 4.78 is 0. The monoisotopic (exact) mass is 311 g/mol. The van der Waals surface area contributed by atoms with Gasteiger partial charge in [-0.15, -0.1) is 0 Å². The van der Waals surface area contributed by atoms with Crippen LogP contribution in [0.1, 0.15) is 15.9 Å². The summed E-state index contributed by atoms with van der Waals surface area (Å²) >= 11 is 0. The molecule has 0 heterocycles. The van der Waals surface area contributed by atoms with Gasteiger partial charge in [-0.2, -0.15) is 5.10 Å². The van der Waals surface area contributed by atoms with Gasteiger partial charge in [0.2, 0.25) is 0 Å². The standard InChI is InChI=1S/C16H13N3O4/c20-15-9-2-1-8-14(15)16(21)18-17-10-4-6-12-5-3-7-13(11-12)19(22)23/h1-11,20H,(H,18,21)/b6-4+,17-10+. The van der Waals surface area contributed by atoms with Gasteiger partial charge in [-0.1, -0.05) is 30.3 Å². The van der Waals surface area contributed by atoms with Gasteiger partial charge >= 0.3 is 0 Å². The number of hydrazone groups is 1. The summed E-state index contributed by atoms with van der Waals surface area (Å²) in [5.41, 5.74) is 3.02. The lowest BCUT2D eigenvalue weighted by Crippen LogP contribution is -2.17. The third kappa shape index (κ3) is 4.50. The number of benzene rings is 2. The molecule has 7 heteroatoms. The van der Waals surface area contributed by atoms with E-state index in [0.717, 1.165) is 0 Å². The zero-order valence-corrected chi connectivity index (χ0v) is 11.9. The molecule has 23 heavy (non-hydrogen) atoms. The first-order valence-electron chi connectivity index (χ1n) is 6.60. The number of hydrogen-bond acceptors (Lipinski definition) is 5. The zero-order valence-electron chi connectivity index (χ0n) is 11.9. The fourth-order valence-corrected chi connectivity index (χ4v) is 1.76. The van der Waals surface area contributed by atoms with Crippen LogP contribution < -0.4 is 5.43 Å². The van der Waals surface area contributed by atoms with Gasteiger partial charge in [-0.25, -0.2) is 5.43 Å². The number of carbonyl (C=O) groups is 1. The molecule has 0 radical (unpaired) electrons. The summed E-state index contributed by atoms with van der Waals surface area (Å²) in [6, 6.07) is 12.2. The maximum Gasteiger partial charge on any atom is 0.275 e. The Kier molecular flexibility index (Phi) is 5.19. The number of nitro benzene ring substituents is 1. The highest BCUT2D eigenvalue weighted by Gasteiger charge is 2.08. The number of rotatable bonds is 5. The van der Waals surface area contributed by atoms with Crippen LogP contribution in [0.5, 0.6) is 5.75 Å². The Morgan fingerprint density at radius 1 is 1.22 bits per heavy atom. The van der Waals surface area contributed by atoms with Crippen LogP contribution in [-0.2, 0) is 0 Å². The van der Waals surface area contributed by atoms with E-state index in [4.69, 9.17) is 0 Å². The van der Waals surface area contributed by atoms with E-state index in [1.807, 2.05) is 0 Å². The highest BCUT2D eigenvalue weighted by Crippen LogP contribution is 2.15. The van der Waals surface area contributed by atoms with Crippen molar-refractivity contribution in [2.24, 2.45) is 5.10 Å². The molecule has 0 aliphatic rings. The maximum absolute atomic E-state index is 11.7. The number of non-ortho nitro benzene ring substituents is 1. The topological polar surface area (TPSA) is 105 Å². The van der Waals surface area contributed by atoms with Crippen molar-refractivity contribution >= 4 is 23.9 Å². The van der Waals surface area contributed by atoms with E-state index in [0.29, 0.717) is 5.56 Å². The van der Waals surface area contributed by atoms with Crippen molar-refractivity contribution in [2.75, 3.05) is 0 Å². The molecule has 7 nitrogen and oxygen atoms in total. The van der Waals surface area contributed by atoms with Crippen molar-refractivity contribution in [1.82, 2.24) is 5.43 Å². The number of nitro groups is 1. The average Bonchev–Trinajstić information content (AvgIpc) is 2.55. The van der Waals surface area contributed by atoms with Crippen LogP contribution in [0.3, 0.4) is 0 Å². The fraction of sp³-hybridized carbons (Fsp3) is 0. The molecule has 0 unspecified atom stereocenters. The second-order valence-corrected chi connectivity index (χ2v) is 4.45. The van der Waals surface area contributed by atoms with Crippen LogP contribution in [0.4, 0.5) is 5.69 Å². The average molecular weight is 311 g/mol. The molecule has 0 aromatic heterocycles. The first-order chi connectivity index (χ1) is 11.1. The third-order valence-corrected chi connectivity index (χ3v) is 2.85. The summed E-state index contributed by atoms with van der Waals surface area (Å²) in [6.07, 6.45) is 4.48. The third-order valence-electron chi connectivity index (χ3n) is 2.85. The van der Waals surface area contributed by atoms with Crippen LogP contribution in [-0.4, -0.2) is 22.2 Å². The molecule has 2 rings (SSSR count). The van der Waals surface area contributed by atoms with E-state index in [1.54, 1.807) is 30.3 Å². The molecule has 0 aliphatic carbocycles. The Balaban J connectivity index is 1.94. The molecule has 2 aromatic carbocycles. The van der Waals surface area contributed by atoms with Gasteiger partial charge in [-0.05, 0) is 23.8 Å². The molecule has 0 saturated heterocycles. The molecule has 0 fully saturated rings. The molecule has 2 N–H and O–H groups in total. The fourth-order valence-electron chi connectivity index (χ4n) is 1.76. The van der Waals surface area contributed by atoms with E-state index in [9.17, 15) is 20.0 Å². The van der Waals surface area contributed by atoms with Crippen LogP contribution in [0.25, 0.3) is 6.08 Å². The van der Waals surface area contributed by atoms with Crippen LogP contribution in [0.2, 0.25) is 0 Å². The Hall–Kier alpha value is -3.48. The summed E-state index contributed by atoms with van der Waals surface area (Å²) in [5, 5.41) is 23.9. The minimum Gasteiger partial charge on any atom is -0.507 e. The van der Waals surface area contributed by atoms with Gasteiger partial charge in [0.1, 0.15) is 5.75 Å². The lowest BCUT2D eigenvalue weighted by Gasteiger charge is -2.01. The van der Waals surface area contributed by atoms with Gasteiger partial charge in [0.15, 0.2) is 0 Å². The molecular weight excluding hydrogens is 298 g/mol. The van der Waals surface area contributed by atoms with Crippen LogP contribution in [0, 0.1) is 10.1 Å². The molecule has 0 spiro atoms. The normalized spacial score (nSPS) is 11.0. The van der Waals surface area contributed by atoms with Crippen molar-refractivity contribution in [3.05, 3.63) is 75.8 Å². The SMILES string of the molecule is O=C(N/N=C/C=C/c1cccc([N+](=O)[O-])c1)c1ccccc1O. The number of carbonyl (C=O) groups excluding carboxylic acids is 1. The summed E-state index contributed by atoms with van der Waals surface area (Å²) in [6.45, 7) is 0. The summed E-state index contributed by atoms with van der Waals surface area (Å²) in [5.74, 6) is -0.671. The highest BCUT2D eigenvalue weighted by atomic mass is 16.6. The summed E-state index contributed by atoms with van der Waals surface area (Å²) in [7, 11) is 0. The van der Waals surface area contributed by atoms with Crippen molar-refractivity contribution in [3.8, 4) is 5.75 Å². The molecule has 0 saturated carbocycles. The van der Waals surface area contributed by atoms with E-state index < -0.39 is 10.8 Å². The Bertz CT molecular complexity index is 784. The number of phenols is 1. The smallest absolute Gasteiger partial charge is 0.275 e. The predicted octanol–water partition coefficient (Wildman–Crippen LogP) is 2.73. The van der Waals surface area contributed by atoms with Gasteiger partial charge in [0.25, 0.3) is 11.6 Å². The van der Waals surface area contributed by atoms with E-state index in [2.05, 4.69) is 10.5 Å². The van der Waals surface area contributed by atoms with Crippen molar-refractivity contribution < 1.29 is 14.8 Å². The number of nitrogens with zero attached hydrogens (tertiary/aromatic N) is 2. The lowest BCUT2D eigenvalue weighted by molar-refractivity contribution is -0.384. The number of aromatic hydroxyl groups is 1. The first-order valence-corrected chi connectivity index (χ1v) is 6.60. The van der Waals surface area contributed by atoms with E-state index in [-0.39, 0.29) is 17.0 Å². The first kappa shape index (κ1) is 15.9. The summed E-state index contributed by atoms with van der Waals surface area (Å²) in [4.78, 5) is 21.9. The number of allylic oxidation sites excluding steroid dienone is 1. The van der Waals surface area contributed by atoms with Crippen molar-refractivity contribution in [1.29, 1.82) is 0 Å². The Morgan fingerprint density at radius 2 is 2.00 bits per heavy atom. The number of hydrogen-bond donors (Lipinski definition) is 2. The molecule has 0 bridgehead atoms. The number of para-hydroxylation sites is 1. The quantitative estimate of drug-likeness (QED) is 0.503. The van der Waals surface area contributed by atoms with Crippen LogP contribution in [0.15, 0.2) is 59.7 Å². The highest BCUT2D eigenvalue weighted by molar-refractivity contribution is 5.97. The maximum atomic E-state index is 11.7. The van der Waals surface area contributed by atoms with Crippen molar-refractivity contribution in [2.45, 2.75) is 0 Å². The largest absolute Gasteiger partial charge is 0.507 e. The zero-order chi connectivity index (χ0) is 16.7. The molecule has 0 aliphatic heterocycles. The predicted molar refractivity (Wildman–Crippen MR) is 86.2 cm³/mol. The molecule has 2 aromatic rings. The molecular formula is C16H13N3O4. The van der Waals surface area contributed by atoms with Gasteiger partial charge in [0.05, 0.1) is 10.5 Å². The van der Waals surface area contributed by atoms with E-state index >= 15 is 0 Å². The number of amides is 1. The Labute approximate surface area is 131 Å². The molecule has 1 amide bonds. The number of phenolic OH excluding ortho intramolecular Hbond substituents is 1. The van der Waals surface area contributed by atoms with Crippen LogP contribution >= 0.6 is 0 Å². The second-order valence-electron chi connectivity index (χ2n) is 4.45. The van der Waals surface area contributed by atoms with Gasteiger partial charge < -0.3 is 5.11 Å². The van der Waals surface area contributed by atoms with E-state index in [1.165, 1.54) is 36.6 Å².